The fourth-order valence-electron chi connectivity index (χ4n) is 2.74. The monoisotopic (exact) mass is 306 g/mol. The van der Waals surface area contributed by atoms with Gasteiger partial charge in [-0.2, -0.15) is 0 Å². The number of nitrogens with one attached hydrogen (secondary N) is 2. The molecular formula is C17H23ClN2O. The Hall–Kier alpha value is -1.48. The second kappa shape index (κ2) is 8.08. The van der Waals surface area contributed by atoms with E-state index in [0.29, 0.717) is 12.5 Å². The third-order valence-electron chi connectivity index (χ3n) is 4.07. The first-order valence-electron chi connectivity index (χ1n) is 7.61. The maximum Gasteiger partial charge on any atom is 0.318 e. The van der Waals surface area contributed by atoms with Crippen molar-refractivity contribution in [3.8, 4) is 0 Å². The molecule has 2 rings (SSSR count). The van der Waals surface area contributed by atoms with E-state index in [1.54, 1.807) is 0 Å². The van der Waals surface area contributed by atoms with Gasteiger partial charge in [-0.25, -0.2) is 4.79 Å². The van der Waals surface area contributed by atoms with Gasteiger partial charge in [-0.05, 0) is 43.7 Å². The number of hydrogen-bond acceptors (Lipinski definition) is 1. The highest BCUT2D eigenvalue weighted by Gasteiger charge is 2.16. The molecule has 3 nitrogen and oxygen atoms in total. The highest BCUT2D eigenvalue weighted by Crippen LogP contribution is 2.30. The number of carbonyl (C=O) groups is 1. The minimum atomic E-state index is -0.153. The largest absolute Gasteiger partial charge is 0.338 e. The van der Waals surface area contributed by atoms with E-state index in [-0.39, 0.29) is 6.03 Å². The van der Waals surface area contributed by atoms with Gasteiger partial charge >= 0.3 is 6.03 Å². The van der Waals surface area contributed by atoms with Crippen molar-refractivity contribution in [2.24, 2.45) is 5.92 Å². The third-order valence-corrected chi connectivity index (χ3v) is 4.44. The van der Waals surface area contributed by atoms with Gasteiger partial charge in [0.05, 0.1) is 0 Å². The predicted octanol–water partition coefficient (Wildman–Crippen LogP) is 4.28. The lowest BCUT2D eigenvalue weighted by molar-refractivity contribution is 0.244. The normalized spacial score (nSPS) is 16.0. The van der Waals surface area contributed by atoms with E-state index in [1.807, 2.05) is 30.5 Å². The molecule has 0 bridgehead atoms. The van der Waals surface area contributed by atoms with Gasteiger partial charge in [0, 0.05) is 17.8 Å². The lowest BCUT2D eigenvalue weighted by Crippen LogP contribution is -2.34. The molecule has 0 aliphatic heterocycles. The number of carbonyl (C=O) groups excluding carboxylic acids is 1. The quantitative estimate of drug-likeness (QED) is 0.838. The Bertz CT molecular complexity index is 507. The summed E-state index contributed by atoms with van der Waals surface area (Å²) in [4.78, 5) is 11.7. The van der Waals surface area contributed by atoms with E-state index in [1.165, 1.54) is 31.3 Å². The van der Waals surface area contributed by atoms with Gasteiger partial charge in [-0.1, -0.05) is 48.2 Å². The van der Waals surface area contributed by atoms with Gasteiger partial charge in [-0.3, -0.25) is 0 Å². The molecule has 0 aromatic heterocycles. The molecule has 1 aromatic carbocycles. The molecule has 1 aliphatic rings. The van der Waals surface area contributed by atoms with Crippen LogP contribution >= 0.6 is 11.6 Å². The summed E-state index contributed by atoms with van der Waals surface area (Å²) in [6.45, 7) is 2.67. The SMILES string of the molecule is C/C(=C\NC(=O)NCCc1ccccc1Cl)C1CCCC1. The first-order chi connectivity index (χ1) is 10.2. The summed E-state index contributed by atoms with van der Waals surface area (Å²) in [6, 6.07) is 7.55. The summed E-state index contributed by atoms with van der Waals surface area (Å²) in [5.41, 5.74) is 2.32. The van der Waals surface area contributed by atoms with Crippen LogP contribution in [0, 0.1) is 5.92 Å². The van der Waals surface area contributed by atoms with Gasteiger partial charge < -0.3 is 10.6 Å². The van der Waals surface area contributed by atoms with E-state index in [2.05, 4.69) is 17.6 Å². The van der Waals surface area contributed by atoms with Crippen molar-refractivity contribution in [1.29, 1.82) is 0 Å². The Balaban J connectivity index is 1.70. The Kier molecular flexibility index (Phi) is 6.12. The molecule has 1 aliphatic carbocycles. The lowest BCUT2D eigenvalue weighted by atomic mass is 10.0. The van der Waals surface area contributed by atoms with Crippen molar-refractivity contribution in [3.05, 3.63) is 46.6 Å². The second-order valence-corrected chi connectivity index (χ2v) is 6.02. The molecule has 2 amide bonds. The van der Waals surface area contributed by atoms with Crippen LogP contribution in [0.4, 0.5) is 4.79 Å². The minimum Gasteiger partial charge on any atom is -0.338 e. The number of amides is 2. The average Bonchev–Trinajstić information content (AvgIpc) is 3.01. The zero-order valence-corrected chi connectivity index (χ0v) is 13.2. The maximum absolute atomic E-state index is 11.7. The standard InChI is InChI=1S/C17H23ClN2O/c1-13(14-6-2-3-7-14)12-20-17(21)19-11-10-15-8-4-5-9-16(15)18/h4-5,8-9,12,14H,2-3,6-7,10-11H2,1H3,(H2,19,20,21)/b13-12+. The van der Waals surface area contributed by atoms with Gasteiger partial charge in [0.1, 0.15) is 0 Å². The number of hydrogen-bond donors (Lipinski definition) is 2. The second-order valence-electron chi connectivity index (χ2n) is 5.61. The fourth-order valence-corrected chi connectivity index (χ4v) is 2.97. The number of benzene rings is 1. The van der Waals surface area contributed by atoms with E-state index < -0.39 is 0 Å². The van der Waals surface area contributed by atoms with Crippen LogP contribution in [0.1, 0.15) is 38.2 Å². The molecular weight excluding hydrogens is 284 g/mol. The highest BCUT2D eigenvalue weighted by atomic mass is 35.5. The summed E-state index contributed by atoms with van der Waals surface area (Å²) in [6.07, 6.45) is 7.69. The maximum atomic E-state index is 11.7. The number of urea groups is 1. The molecule has 1 fully saturated rings. The van der Waals surface area contributed by atoms with E-state index in [4.69, 9.17) is 11.6 Å². The number of halogens is 1. The molecule has 21 heavy (non-hydrogen) atoms. The Morgan fingerprint density at radius 1 is 1.33 bits per heavy atom. The van der Waals surface area contributed by atoms with Crippen LogP contribution < -0.4 is 10.6 Å². The van der Waals surface area contributed by atoms with E-state index in [0.717, 1.165) is 17.0 Å². The molecule has 0 unspecified atom stereocenters. The predicted molar refractivity (Wildman–Crippen MR) is 87.4 cm³/mol. The van der Waals surface area contributed by atoms with Crippen LogP contribution in [0.25, 0.3) is 0 Å². The first kappa shape index (κ1) is 15.9. The summed E-state index contributed by atoms with van der Waals surface area (Å²) in [5.74, 6) is 0.647. The molecule has 0 atom stereocenters. The Labute approximate surface area is 131 Å². The van der Waals surface area contributed by atoms with E-state index >= 15 is 0 Å². The van der Waals surface area contributed by atoms with Gasteiger partial charge in [-0.15, -0.1) is 0 Å². The van der Waals surface area contributed by atoms with Crippen LogP contribution in [-0.4, -0.2) is 12.6 Å². The number of rotatable bonds is 5. The molecule has 4 heteroatoms. The summed E-state index contributed by atoms with van der Waals surface area (Å²) in [5, 5.41) is 6.41. The molecule has 0 heterocycles. The van der Waals surface area contributed by atoms with Crippen molar-refractivity contribution in [3.63, 3.8) is 0 Å². The van der Waals surface area contributed by atoms with Crippen molar-refractivity contribution in [2.75, 3.05) is 6.54 Å². The first-order valence-corrected chi connectivity index (χ1v) is 7.99. The summed E-state index contributed by atoms with van der Waals surface area (Å²) >= 11 is 6.08. The smallest absolute Gasteiger partial charge is 0.318 e. The van der Waals surface area contributed by atoms with Crippen LogP contribution in [0.15, 0.2) is 36.0 Å². The van der Waals surface area contributed by atoms with Crippen LogP contribution in [-0.2, 0) is 6.42 Å². The number of allylic oxidation sites excluding steroid dienone is 1. The molecule has 0 spiro atoms. The summed E-state index contributed by atoms with van der Waals surface area (Å²) < 4.78 is 0. The van der Waals surface area contributed by atoms with Gasteiger partial charge in [0.2, 0.25) is 0 Å². The van der Waals surface area contributed by atoms with Crippen LogP contribution in [0.5, 0.6) is 0 Å². The Morgan fingerprint density at radius 2 is 2.05 bits per heavy atom. The molecule has 1 aromatic rings. The Morgan fingerprint density at radius 3 is 2.76 bits per heavy atom. The van der Waals surface area contributed by atoms with Crippen LogP contribution in [0.2, 0.25) is 5.02 Å². The van der Waals surface area contributed by atoms with Crippen molar-refractivity contribution >= 4 is 17.6 Å². The highest BCUT2D eigenvalue weighted by molar-refractivity contribution is 6.31. The molecule has 114 valence electrons. The molecule has 0 radical (unpaired) electrons. The topological polar surface area (TPSA) is 41.1 Å². The lowest BCUT2D eigenvalue weighted by Gasteiger charge is -2.10. The van der Waals surface area contributed by atoms with Gasteiger partial charge in [0.25, 0.3) is 0 Å². The zero-order chi connectivity index (χ0) is 15.1. The molecule has 2 N–H and O–H groups in total. The summed E-state index contributed by atoms with van der Waals surface area (Å²) in [7, 11) is 0. The van der Waals surface area contributed by atoms with Crippen LogP contribution in [0.3, 0.4) is 0 Å². The third kappa shape index (κ3) is 5.09. The van der Waals surface area contributed by atoms with E-state index in [9.17, 15) is 4.79 Å². The average molecular weight is 307 g/mol. The van der Waals surface area contributed by atoms with Crippen molar-refractivity contribution < 1.29 is 4.79 Å². The van der Waals surface area contributed by atoms with Crippen molar-refractivity contribution in [1.82, 2.24) is 10.6 Å². The van der Waals surface area contributed by atoms with Crippen molar-refractivity contribution in [2.45, 2.75) is 39.0 Å². The van der Waals surface area contributed by atoms with Gasteiger partial charge in [0.15, 0.2) is 0 Å². The molecule has 1 saturated carbocycles. The minimum absolute atomic E-state index is 0.153. The molecule has 0 saturated heterocycles. The zero-order valence-electron chi connectivity index (χ0n) is 12.5. The fraction of sp³-hybridized carbons (Fsp3) is 0.471.